The van der Waals surface area contributed by atoms with E-state index in [1.54, 1.807) is 0 Å². The van der Waals surface area contributed by atoms with Crippen LogP contribution in [-0.4, -0.2) is 9.55 Å². The molecule has 3 heteroatoms. The van der Waals surface area contributed by atoms with Gasteiger partial charge in [0, 0.05) is 13.0 Å². The molecule has 0 amide bonds. The normalized spacial score (nSPS) is 15.8. The van der Waals surface area contributed by atoms with Crippen molar-refractivity contribution in [2.24, 2.45) is 0 Å². The monoisotopic (exact) mass is 322 g/mol. The van der Waals surface area contributed by atoms with Gasteiger partial charge >= 0.3 is 0 Å². The number of nitrogens with zero attached hydrogens (tertiary/aromatic N) is 3. The van der Waals surface area contributed by atoms with Crippen LogP contribution in [0.15, 0.2) is 72.9 Å². The molecular formula is C22H16N3+. The van der Waals surface area contributed by atoms with Gasteiger partial charge in [0.2, 0.25) is 12.0 Å². The molecule has 1 atom stereocenters. The van der Waals surface area contributed by atoms with Gasteiger partial charge in [-0.1, -0.05) is 42.5 Å². The summed E-state index contributed by atoms with van der Waals surface area (Å²) in [6.45, 7) is 2.24. The maximum absolute atomic E-state index is 5.03. The van der Waals surface area contributed by atoms with Crippen molar-refractivity contribution in [1.82, 2.24) is 9.55 Å². The van der Waals surface area contributed by atoms with E-state index in [2.05, 4.69) is 89.0 Å². The largest absolute Gasteiger partial charge is 0.259 e. The van der Waals surface area contributed by atoms with E-state index in [1.807, 2.05) is 0 Å². The molecule has 3 aromatic carbocycles. The topological polar surface area (TPSA) is 21.7 Å². The van der Waals surface area contributed by atoms with Gasteiger partial charge in [0.1, 0.15) is 0 Å². The zero-order valence-corrected chi connectivity index (χ0v) is 13.8. The third-order valence-corrected chi connectivity index (χ3v) is 5.43. The Bertz CT molecular complexity index is 1310. The van der Waals surface area contributed by atoms with Crippen molar-refractivity contribution in [3.8, 4) is 11.5 Å². The summed E-state index contributed by atoms with van der Waals surface area (Å²) in [6, 6.07) is 23.7. The van der Waals surface area contributed by atoms with Crippen LogP contribution in [0.2, 0.25) is 0 Å². The molecule has 1 aliphatic heterocycles. The number of hydrogen-bond acceptors (Lipinski definition) is 1. The van der Waals surface area contributed by atoms with E-state index < -0.39 is 0 Å². The van der Waals surface area contributed by atoms with Crippen molar-refractivity contribution in [2.75, 3.05) is 0 Å². The molecule has 118 valence electrons. The average molecular weight is 322 g/mol. The number of fused-ring (bicyclic) bond motifs is 8. The summed E-state index contributed by atoms with van der Waals surface area (Å²) in [4.78, 5) is 5.03. The minimum atomic E-state index is 0.223. The van der Waals surface area contributed by atoms with Gasteiger partial charge in [-0.05, 0) is 34.4 Å². The van der Waals surface area contributed by atoms with Crippen LogP contribution in [0.25, 0.3) is 44.1 Å². The minimum Gasteiger partial charge on any atom is -0.259 e. The van der Waals surface area contributed by atoms with E-state index in [1.165, 1.54) is 32.8 Å². The van der Waals surface area contributed by atoms with Gasteiger partial charge < -0.3 is 0 Å². The van der Waals surface area contributed by atoms with Gasteiger partial charge in [-0.15, -0.1) is 0 Å². The van der Waals surface area contributed by atoms with Crippen molar-refractivity contribution < 1.29 is 4.57 Å². The predicted molar refractivity (Wildman–Crippen MR) is 100 cm³/mol. The summed E-state index contributed by atoms with van der Waals surface area (Å²) in [5, 5.41) is 5.02. The molecule has 1 aliphatic rings. The molecule has 25 heavy (non-hydrogen) atoms. The summed E-state index contributed by atoms with van der Waals surface area (Å²) in [5.41, 5.74) is 3.49. The van der Waals surface area contributed by atoms with Crippen LogP contribution >= 0.6 is 0 Å². The molecule has 1 unspecified atom stereocenters. The Morgan fingerprint density at radius 2 is 1.60 bits per heavy atom. The molecule has 0 radical (unpaired) electrons. The highest BCUT2D eigenvalue weighted by Gasteiger charge is 2.37. The second-order valence-corrected chi connectivity index (χ2v) is 6.78. The zero-order chi connectivity index (χ0) is 16.5. The van der Waals surface area contributed by atoms with Gasteiger partial charge in [-0.25, -0.2) is 4.98 Å². The number of pyridine rings is 1. The van der Waals surface area contributed by atoms with Crippen LogP contribution in [0.3, 0.4) is 0 Å². The second kappa shape index (κ2) is 4.45. The highest BCUT2D eigenvalue weighted by molar-refractivity contribution is 5.99. The maximum Gasteiger partial charge on any atom is 0.258 e. The summed E-state index contributed by atoms with van der Waals surface area (Å²) in [6.07, 6.45) is 2.41. The Kier molecular flexibility index (Phi) is 2.34. The molecule has 0 saturated carbocycles. The fourth-order valence-electron chi connectivity index (χ4n) is 4.23. The molecular weight excluding hydrogens is 306 g/mol. The molecule has 0 aliphatic carbocycles. The van der Waals surface area contributed by atoms with Gasteiger partial charge in [0.25, 0.3) is 5.69 Å². The molecule has 0 N–H and O–H groups in total. The first-order valence-corrected chi connectivity index (χ1v) is 8.65. The van der Waals surface area contributed by atoms with Crippen LogP contribution in [0.5, 0.6) is 0 Å². The first kappa shape index (κ1) is 13.1. The van der Waals surface area contributed by atoms with Gasteiger partial charge in [0.15, 0.2) is 6.20 Å². The summed E-state index contributed by atoms with van der Waals surface area (Å²) >= 11 is 0. The highest BCUT2D eigenvalue weighted by Crippen LogP contribution is 2.36. The summed E-state index contributed by atoms with van der Waals surface area (Å²) in [7, 11) is 0. The minimum absolute atomic E-state index is 0.223. The SMILES string of the molecule is CC1n2c(nc3cc4ccccc4cc32)-c2c3ccccc3cc[n+]21. The van der Waals surface area contributed by atoms with E-state index >= 15 is 0 Å². The molecule has 0 spiro atoms. The lowest BCUT2D eigenvalue weighted by molar-refractivity contribution is -0.704. The fraction of sp³-hybridized carbons (Fsp3) is 0.0909. The first-order valence-electron chi connectivity index (χ1n) is 8.65. The number of aromatic nitrogens is 3. The van der Waals surface area contributed by atoms with Crippen LogP contribution < -0.4 is 4.57 Å². The Labute approximate surface area is 144 Å². The third-order valence-electron chi connectivity index (χ3n) is 5.43. The van der Waals surface area contributed by atoms with Crippen molar-refractivity contribution >= 4 is 32.6 Å². The van der Waals surface area contributed by atoms with Crippen molar-refractivity contribution in [3.63, 3.8) is 0 Å². The molecule has 0 fully saturated rings. The van der Waals surface area contributed by atoms with Crippen molar-refractivity contribution in [2.45, 2.75) is 13.1 Å². The van der Waals surface area contributed by atoms with Crippen molar-refractivity contribution in [1.29, 1.82) is 0 Å². The van der Waals surface area contributed by atoms with E-state index in [9.17, 15) is 0 Å². The number of hydrogen-bond donors (Lipinski definition) is 0. The maximum atomic E-state index is 5.03. The lowest BCUT2D eigenvalue weighted by atomic mass is 10.1. The second-order valence-electron chi connectivity index (χ2n) is 6.78. The molecule has 2 aromatic heterocycles. The lowest BCUT2D eigenvalue weighted by Gasteiger charge is -2.06. The van der Waals surface area contributed by atoms with Gasteiger partial charge in [-0.3, -0.25) is 4.57 Å². The van der Waals surface area contributed by atoms with E-state index in [0.717, 1.165) is 11.3 Å². The van der Waals surface area contributed by atoms with Crippen LogP contribution in [0.1, 0.15) is 13.1 Å². The third kappa shape index (κ3) is 1.60. The van der Waals surface area contributed by atoms with E-state index in [0.29, 0.717) is 0 Å². The molecule has 3 heterocycles. The van der Waals surface area contributed by atoms with Gasteiger partial charge in [-0.2, -0.15) is 4.57 Å². The standard InChI is InChI=1S/C22H16N3/c1-14-24-11-10-15-6-4-5-9-18(15)21(24)22-23-19-12-16-7-2-3-8-17(16)13-20(19)25(14)22/h2-14H,1H3/q+1. The molecule has 3 nitrogen and oxygen atoms in total. The number of imidazole rings is 1. The highest BCUT2D eigenvalue weighted by atomic mass is 15.3. The molecule has 0 saturated heterocycles. The Hall–Kier alpha value is -3.20. The first-order chi connectivity index (χ1) is 12.3. The zero-order valence-electron chi connectivity index (χ0n) is 13.8. The quantitative estimate of drug-likeness (QED) is 0.379. The van der Waals surface area contributed by atoms with E-state index in [-0.39, 0.29) is 6.17 Å². The predicted octanol–water partition coefficient (Wildman–Crippen LogP) is 4.68. The van der Waals surface area contributed by atoms with Crippen LogP contribution in [0.4, 0.5) is 0 Å². The fourth-order valence-corrected chi connectivity index (χ4v) is 4.23. The number of benzene rings is 3. The van der Waals surface area contributed by atoms with Crippen molar-refractivity contribution in [3.05, 3.63) is 72.9 Å². The Balaban J connectivity index is 1.77. The lowest BCUT2D eigenvalue weighted by Crippen LogP contribution is -2.38. The Morgan fingerprint density at radius 3 is 2.44 bits per heavy atom. The molecule has 5 aromatic rings. The van der Waals surface area contributed by atoms with Crippen LogP contribution in [-0.2, 0) is 0 Å². The average Bonchev–Trinajstić information content (AvgIpc) is 3.15. The van der Waals surface area contributed by atoms with Gasteiger partial charge in [0.05, 0.1) is 16.4 Å². The molecule has 0 bridgehead atoms. The van der Waals surface area contributed by atoms with Crippen LogP contribution in [0, 0.1) is 0 Å². The summed E-state index contributed by atoms with van der Waals surface area (Å²) < 4.78 is 4.70. The summed E-state index contributed by atoms with van der Waals surface area (Å²) in [5.74, 6) is 1.06. The Morgan fingerprint density at radius 1 is 0.880 bits per heavy atom. The molecule has 6 rings (SSSR count). The number of rotatable bonds is 0. The smallest absolute Gasteiger partial charge is 0.258 e. The van der Waals surface area contributed by atoms with E-state index in [4.69, 9.17) is 4.98 Å².